The first-order valence-electron chi connectivity index (χ1n) is 2.30. The Kier molecular flexibility index (Phi) is 2.83. The van der Waals surface area contributed by atoms with Crippen molar-refractivity contribution in [2.24, 2.45) is 0 Å². The normalized spacial score (nSPS) is 12.5. The maximum absolute atomic E-state index is 11.2. The summed E-state index contributed by atoms with van der Waals surface area (Å²) in [5.41, 5.74) is 0. The molecule has 2 nitrogen and oxygen atoms in total. The lowest BCUT2D eigenvalue weighted by molar-refractivity contribution is -0.371. The second-order valence-corrected chi connectivity index (χ2v) is 1.47. The molecule has 0 aromatic rings. The molecule has 0 radical (unpaired) electrons. The molecule has 72 valence electrons. The van der Waals surface area contributed by atoms with Crippen LogP contribution in [0.3, 0.4) is 0 Å². The van der Waals surface area contributed by atoms with E-state index in [-0.39, 0.29) is 0 Å². The van der Waals surface area contributed by atoms with Crippen LogP contribution in [-0.2, 0) is 9.47 Å². The molecule has 0 amide bonds. The minimum atomic E-state index is -5.23. The molecule has 0 N–H and O–H groups in total. The molecule has 8 heteroatoms. The van der Waals surface area contributed by atoms with Crippen LogP contribution in [0, 0.1) is 0 Å². The van der Waals surface area contributed by atoms with Gasteiger partial charge in [0, 0.05) is 0 Å². The highest BCUT2D eigenvalue weighted by Gasteiger charge is 2.38. The number of ether oxygens (including phenoxy) is 2. The summed E-state index contributed by atoms with van der Waals surface area (Å²) >= 11 is 0. The van der Waals surface area contributed by atoms with Gasteiger partial charge >= 0.3 is 12.7 Å². The smallest absolute Gasteiger partial charge is 0.373 e. The van der Waals surface area contributed by atoms with E-state index < -0.39 is 18.7 Å². The van der Waals surface area contributed by atoms with E-state index in [1.54, 1.807) is 0 Å². The fourth-order valence-electron chi connectivity index (χ4n) is 0.279. The lowest BCUT2D eigenvalue weighted by Crippen LogP contribution is -2.19. The van der Waals surface area contributed by atoms with E-state index in [2.05, 4.69) is 16.1 Å². The van der Waals surface area contributed by atoms with E-state index >= 15 is 0 Å². The molecule has 0 heterocycles. The van der Waals surface area contributed by atoms with Crippen molar-refractivity contribution in [2.75, 3.05) is 0 Å². The van der Waals surface area contributed by atoms with Crippen LogP contribution in [0.15, 0.2) is 12.5 Å². The maximum atomic E-state index is 11.2. The van der Waals surface area contributed by atoms with Gasteiger partial charge in [-0.1, -0.05) is 0 Å². The molecule has 0 rings (SSSR count). The number of alkyl halides is 6. The standard InChI is InChI=1S/C4H2F6O2/c1-2(11-3(5,6)7)12-4(8,9)10/h1H2. The molecular formula is C4H2F6O2. The van der Waals surface area contributed by atoms with Crippen LogP contribution in [0.4, 0.5) is 26.3 Å². The highest BCUT2D eigenvalue weighted by molar-refractivity contribution is 4.69. The van der Waals surface area contributed by atoms with Crippen molar-refractivity contribution >= 4 is 0 Å². The van der Waals surface area contributed by atoms with Gasteiger partial charge in [-0.3, -0.25) is 0 Å². The third-order valence-electron chi connectivity index (χ3n) is 0.459. The Morgan fingerprint density at radius 2 is 1.08 bits per heavy atom. The lowest BCUT2D eigenvalue weighted by atomic mass is 11.0. The maximum Gasteiger partial charge on any atom is 0.575 e. The number of halogens is 6. The third kappa shape index (κ3) is 7.03. The number of hydrogen-bond acceptors (Lipinski definition) is 2. The monoisotopic (exact) mass is 196 g/mol. The van der Waals surface area contributed by atoms with Crippen molar-refractivity contribution in [1.29, 1.82) is 0 Å². The van der Waals surface area contributed by atoms with Crippen molar-refractivity contribution in [2.45, 2.75) is 12.7 Å². The molecule has 0 saturated heterocycles. The van der Waals surface area contributed by atoms with E-state index in [0.717, 1.165) is 0 Å². The Bertz CT molecular complexity index is 149. The van der Waals surface area contributed by atoms with Crippen molar-refractivity contribution in [3.8, 4) is 0 Å². The van der Waals surface area contributed by atoms with Crippen LogP contribution in [-0.4, -0.2) is 12.7 Å². The SMILES string of the molecule is C=C(OC(F)(F)F)OC(F)(F)F. The van der Waals surface area contributed by atoms with Crippen molar-refractivity contribution in [1.82, 2.24) is 0 Å². The van der Waals surface area contributed by atoms with Crippen LogP contribution in [0.1, 0.15) is 0 Å². The van der Waals surface area contributed by atoms with Crippen LogP contribution in [0.5, 0.6) is 0 Å². The van der Waals surface area contributed by atoms with Gasteiger partial charge in [-0.25, -0.2) is 0 Å². The average molecular weight is 196 g/mol. The Hall–Kier alpha value is -1.08. The summed E-state index contributed by atoms with van der Waals surface area (Å²) in [5.74, 6) is -1.87. The van der Waals surface area contributed by atoms with E-state index in [0.29, 0.717) is 0 Å². The van der Waals surface area contributed by atoms with Gasteiger partial charge in [0.05, 0.1) is 0 Å². The fourth-order valence-corrected chi connectivity index (χ4v) is 0.279. The highest BCUT2D eigenvalue weighted by Crippen LogP contribution is 2.25. The summed E-state index contributed by atoms with van der Waals surface area (Å²) < 4.78 is 72.3. The molecule has 0 aliphatic carbocycles. The molecule has 0 aromatic heterocycles. The summed E-state index contributed by atoms with van der Waals surface area (Å²) in [5, 5.41) is 0. The van der Waals surface area contributed by atoms with Gasteiger partial charge in [-0.05, 0) is 6.58 Å². The predicted octanol–water partition coefficient (Wildman–Crippen LogP) is 2.53. The largest absolute Gasteiger partial charge is 0.575 e. The lowest BCUT2D eigenvalue weighted by Gasteiger charge is -2.13. The van der Waals surface area contributed by atoms with Gasteiger partial charge in [0.1, 0.15) is 0 Å². The summed E-state index contributed by atoms with van der Waals surface area (Å²) in [7, 11) is 0. The van der Waals surface area contributed by atoms with Gasteiger partial charge < -0.3 is 9.47 Å². The first-order valence-corrected chi connectivity index (χ1v) is 2.30. The van der Waals surface area contributed by atoms with E-state index in [1.807, 2.05) is 0 Å². The van der Waals surface area contributed by atoms with Gasteiger partial charge in [-0.15, -0.1) is 26.3 Å². The summed E-state index contributed by atoms with van der Waals surface area (Å²) in [6.07, 6.45) is -10.5. The Labute approximate surface area is 62.4 Å². The van der Waals surface area contributed by atoms with Gasteiger partial charge in [0.25, 0.3) is 5.95 Å². The molecule has 0 spiro atoms. The molecule has 0 aliphatic heterocycles. The first-order chi connectivity index (χ1) is 5.10. The van der Waals surface area contributed by atoms with Gasteiger partial charge in [0.15, 0.2) is 0 Å². The third-order valence-corrected chi connectivity index (χ3v) is 0.459. The van der Waals surface area contributed by atoms with Gasteiger partial charge in [-0.2, -0.15) is 0 Å². The molecule has 0 atom stereocenters. The van der Waals surface area contributed by atoms with Crippen molar-refractivity contribution in [3.05, 3.63) is 12.5 Å². The fraction of sp³-hybridized carbons (Fsp3) is 0.500. The van der Waals surface area contributed by atoms with Crippen LogP contribution in [0.25, 0.3) is 0 Å². The quantitative estimate of drug-likeness (QED) is 0.499. The molecule has 0 aliphatic rings. The molecule has 0 fully saturated rings. The minimum absolute atomic E-state index is 1.87. The Morgan fingerprint density at radius 3 is 1.25 bits per heavy atom. The zero-order chi connectivity index (χ0) is 9.99. The Balaban J connectivity index is 3.92. The first kappa shape index (κ1) is 10.9. The molecular weight excluding hydrogens is 194 g/mol. The molecule has 0 unspecified atom stereocenters. The van der Waals surface area contributed by atoms with Crippen LogP contribution in [0.2, 0.25) is 0 Å². The highest BCUT2D eigenvalue weighted by atomic mass is 19.4. The van der Waals surface area contributed by atoms with Crippen molar-refractivity contribution < 1.29 is 35.8 Å². The van der Waals surface area contributed by atoms with E-state index in [9.17, 15) is 26.3 Å². The van der Waals surface area contributed by atoms with Crippen LogP contribution >= 0.6 is 0 Å². The second kappa shape index (κ2) is 3.11. The summed E-state index contributed by atoms with van der Waals surface area (Å²) in [6, 6.07) is 0. The number of hydrogen-bond donors (Lipinski definition) is 0. The molecule has 0 bridgehead atoms. The predicted molar refractivity (Wildman–Crippen MR) is 23.4 cm³/mol. The zero-order valence-corrected chi connectivity index (χ0v) is 5.29. The Morgan fingerprint density at radius 1 is 0.833 bits per heavy atom. The van der Waals surface area contributed by atoms with Crippen molar-refractivity contribution in [3.63, 3.8) is 0 Å². The average Bonchev–Trinajstić information content (AvgIpc) is 1.49. The van der Waals surface area contributed by atoms with Gasteiger partial charge in [0.2, 0.25) is 0 Å². The minimum Gasteiger partial charge on any atom is -0.373 e. The molecule has 12 heavy (non-hydrogen) atoms. The van der Waals surface area contributed by atoms with Crippen LogP contribution < -0.4 is 0 Å². The molecule has 0 saturated carbocycles. The van der Waals surface area contributed by atoms with E-state index in [1.165, 1.54) is 0 Å². The summed E-state index contributed by atoms with van der Waals surface area (Å²) in [4.78, 5) is 0. The number of rotatable bonds is 2. The zero-order valence-electron chi connectivity index (χ0n) is 5.29. The summed E-state index contributed by atoms with van der Waals surface area (Å²) in [6.45, 7) is 2.24. The topological polar surface area (TPSA) is 18.5 Å². The second-order valence-electron chi connectivity index (χ2n) is 1.47. The van der Waals surface area contributed by atoms with E-state index in [4.69, 9.17) is 0 Å². The molecule has 0 aromatic carbocycles.